The number of fused-ring (bicyclic) bond motifs is 2. The standard InChI is InChI=1S/C23H25FN6O6S/c1-12-8-15(4-5-16(12)24)25-21(31)19-20-18(10-29(19)3)37(33,34)28-17-9-30(7-6-14(17)11-35-20)23(32)22-27-26-13(2)36-22/h4-5,8,10,14,17,28H,6-7,9,11H2,1-3H3,(H,25,31)/t14-,17-/m0/s1. The Labute approximate surface area is 211 Å². The van der Waals surface area contributed by atoms with Crippen molar-refractivity contribution in [3.8, 4) is 5.75 Å². The minimum atomic E-state index is -4.12. The Balaban J connectivity index is 1.40. The number of aryl methyl sites for hydroxylation is 3. The van der Waals surface area contributed by atoms with Crippen LogP contribution < -0.4 is 14.8 Å². The molecule has 5 rings (SSSR count). The number of sulfonamides is 1. The maximum atomic E-state index is 13.6. The zero-order valence-electron chi connectivity index (χ0n) is 20.3. The van der Waals surface area contributed by atoms with Gasteiger partial charge in [0, 0.05) is 50.9 Å². The van der Waals surface area contributed by atoms with E-state index in [2.05, 4.69) is 20.2 Å². The van der Waals surface area contributed by atoms with Crippen LogP contribution in [0, 0.1) is 25.6 Å². The van der Waals surface area contributed by atoms with Crippen LogP contribution in [-0.2, 0) is 17.1 Å². The Bertz CT molecular complexity index is 1500. The molecular formula is C23H25FN6O6S. The summed E-state index contributed by atoms with van der Waals surface area (Å²) in [5, 5.41) is 10.1. The van der Waals surface area contributed by atoms with Crippen molar-refractivity contribution >= 4 is 27.5 Å². The van der Waals surface area contributed by atoms with E-state index < -0.39 is 33.7 Å². The maximum absolute atomic E-state index is 13.6. The number of hydrogen-bond acceptors (Lipinski definition) is 8. The molecule has 0 radical (unpaired) electrons. The first-order valence-electron chi connectivity index (χ1n) is 11.5. The number of nitrogens with zero attached hydrogens (tertiary/aromatic N) is 4. The quantitative estimate of drug-likeness (QED) is 0.517. The molecule has 0 aliphatic carbocycles. The number of nitrogens with one attached hydrogen (secondary N) is 2. The van der Waals surface area contributed by atoms with E-state index in [4.69, 9.17) is 9.15 Å². The highest BCUT2D eigenvalue weighted by Gasteiger charge is 2.40. The van der Waals surface area contributed by atoms with Crippen molar-refractivity contribution in [2.45, 2.75) is 31.2 Å². The minimum absolute atomic E-state index is 0.0141. The smallest absolute Gasteiger partial charge is 0.311 e. The number of rotatable bonds is 3. The van der Waals surface area contributed by atoms with Crippen molar-refractivity contribution in [1.29, 1.82) is 0 Å². The topological polar surface area (TPSA) is 149 Å². The fraction of sp³-hybridized carbons (Fsp3) is 0.391. The van der Waals surface area contributed by atoms with Gasteiger partial charge in [-0.25, -0.2) is 17.5 Å². The Kier molecular flexibility index (Phi) is 6.23. The normalized spacial score (nSPS) is 20.7. The molecule has 0 bridgehead atoms. The highest BCUT2D eigenvalue weighted by molar-refractivity contribution is 7.89. The van der Waals surface area contributed by atoms with Crippen molar-refractivity contribution in [3.05, 3.63) is 53.3 Å². The van der Waals surface area contributed by atoms with Gasteiger partial charge in [-0.1, -0.05) is 0 Å². The van der Waals surface area contributed by atoms with Crippen LogP contribution in [0.25, 0.3) is 0 Å². The molecular weight excluding hydrogens is 507 g/mol. The van der Waals surface area contributed by atoms with E-state index in [1.807, 2.05) is 0 Å². The third kappa shape index (κ3) is 4.69. The van der Waals surface area contributed by atoms with E-state index in [0.717, 1.165) is 0 Å². The van der Waals surface area contributed by atoms with Crippen molar-refractivity contribution in [1.82, 2.24) is 24.4 Å². The molecule has 2 aliphatic rings. The average molecular weight is 533 g/mol. The largest absolute Gasteiger partial charge is 0.489 e. The fourth-order valence-corrected chi connectivity index (χ4v) is 6.06. The predicted molar refractivity (Wildman–Crippen MR) is 127 cm³/mol. The van der Waals surface area contributed by atoms with Crippen molar-refractivity contribution in [2.75, 3.05) is 25.0 Å². The van der Waals surface area contributed by atoms with Gasteiger partial charge in [0.1, 0.15) is 10.7 Å². The second-order valence-corrected chi connectivity index (χ2v) is 10.8. The summed E-state index contributed by atoms with van der Waals surface area (Å²) in [5.41, 5.74) is 0.729. The zero-order chi connectivity index (χ0) is 26.5. The molecule has 14 heteroatoms. The van der Waals surface area contributed by atoms with E-state index in [1.165, 1.54) is 40.9 Å². The Morgan fingerprint density at radius 1 is 1.24 bits per heavy atom. The summed E-state index contributed by atoms with van der Waals surface area (Å²) in [6.45, 7) is 3.70. The molecule has 4 heterocycles. The summed E-state index contributed by atoms with van der Waals surface area (Å²) < 4.78 is 55.6. The third-order valence-electron chi connectivity index (χ3n) is 6.52. The van der Waals surface area contributed by atoms with Crippen molar-refractivity contribution < 1.29 is 31.6 Å². The minimum Gasteiger partial charge on any atom is -0.489 e. The highest BCUT2D eigenvalue weighted by atomic mass is 32.2. The van der Waals surface area contributed by atoms with Crippen LogP contribution in [0.15, 0.2) is 33.7 Å². The number of benzene rings is 1. The predicted octanol–water partition coefficient (Wildman–Crippen LogP) is 1.62. The lowest BCUT2D eigenvalue weighted by Gasteiger charge is -2.39. The summed E-state index contributed by atoms with van der Waals surface area (Å²) >= 11 is 0. The Hall–Kier alpha value is -3.78. The van der Waals surface area contributed by atoms with Crippen LogP contribution in [-0.4, -0.2) is 65.6 Å². The monoisotopic (exact) mass is 532 g/mol. The van der Waals surface area contributed by atoms with Gasteiger partial charge in [0.25, 0.3) is 5.91 Å². The number of hydrogen-bond donors (Lipinski definition) is 2. The number of halogens is 1. The molecule has 2 aromatic heterocycles. The molecule has 2 N–H and O–H groups in total. The van der Waals surface area contributed by atoms with Crippen LogP contribution in [0.5, 0.6) is 5.75 Å². The fourth-order valence-electron chi connectivity index (χ4n) is 4.57. The molecule has 1 aromatic carbocycles. The Morgan fingerprint density at radius 3 is 2.73 bits per heavy atom. The Morgan fingerprint density at radius 2 is 2.03 bits per heavy atom. The molecule has 12 nitrogen and oxygen atoms in total. The highest BCUT2D eigenvalue weighted by Crippen LogP contribution is 2.35. The van der Waals surface area contributed by atoms with Gasteiger partial charge in [-0.3, -0.25) is 9.59 Å². The molecule has 37 heavy (non-hydrogen) atoms. The van der Waals surface area contributed by atoms with Gasteiger partial charge in [0.05, 0.1) is 6.61 Å². The molecule has 2 atom stereocenters. The SMILES string of the molecule is Cc1nnc(C(=O)N2CC[C@H]3COc4c(cn(C)c4C(=O)Nc4ccc(F)c(C)c4)S(=O)(=O)N[C@H]3C2)o1. The number of carbonyl (C=O) groups excluding carboxylic acids is 2. The maximum Gasteiger partial charge on any atom is 0.311 e. The number of aromatic nitrogens is 3. The zero-order valence-corrected chi connectivity index (χ0v) is 21.1. The van der Waals surface area contributed by atoms with E-state index in [-0.39, 0.29) is 47.2 Å². The summed E-state index contributed by atoms with van der Waals surface area (Å²) in [4.78, 5) is 27.2. The van der Waals surface area contributed by atoms with Crippen LogP contribution in [0.1, 0.15) is 39.0 Å². The third-order valence-corrected chi connectivity index (χ3v) is 8.01. The van der Waals surface area contributed by atoms with Crippen molar-refractivity contribution in [2.24, 2.45) is 13.0 Å². The first kappa shape index (κ1) is 24.9. The van der Waals surface area contributed by atoms with Gasteiger partial charge < -0.3 is 23.9 Å². The summed E-state index contributed by atoms with van der Waals surface area (Å²) in [6.07, 6.45) is 1.75. The number of piperidine rings is 1. The molecule has 3 aromatic rings. The lowest BCUT2D eigenvalue weighted by atomic mass is 9.93. The molecule has 196 valence electrons. The molecule has 0 unspecified atom stereocenters. The van der Waals surface area contributed by atoms with Gasteiger partial charge in [0.15, 0.2) is 11.4 Å². The molecule has 2 aliphatic heterocycles. The number of ether oxygens (including phenoxy) is 1. The van der Waals surface area contributed by atoms with Crippen LogP contribution in [0.2, 0.25) is 0 Å². The average Bonchev–Trinajstić information content (AvgIpc) is 3.42. The van der Waals surface area contributed by atoms with Gasteiger partial charge in [0.2, 0.25) is 15.9 Å². The molecule has 0 spiro atoms. The van der Waals surface area contributed by atoms with Crippen LogP contribution >= 0.6 is 0 Å². The van der Waals surface area contributed by atoms with Crippen molar-refractivity contribution in [3.63, 3.8) is 0 Å². The first-order chi connectivity index (χ1) is 17.5. The number of likely N-dealkylation sites (tertiary alicyclic amines) is 1. The second kappa shape index (κ2) is 9.27. The first-order valence-corrected chi connectivity index (χ1v) is 13.0. The van der Waals surface area contributed by atoms with Crippen LogP contribution in [0.3, 0.4) is 0 Å². The number of amides is 2. The van der Waals surface area contributed by atoms with E-state index in [1.54, 1.807) is 13.8 Å². The van der Waals surface area contributed by atoms with Gasteiger partial charge >= 0.3 is 11.8 Å². The van der Waals surface area contributed by atoms with E-state index >= 15 is 0 Å². The molecule has 2 amide bonds. The van der Waals surface area contributed by atoms with Gasteiger partial charge in [-0.2, -0.15) is 0 Å². The van der Waals surface area contributed by atoms with Gasteiger partial charge in [-0.05, 0) is 37.1 Å². The summed E-state index contributed by atoms with van der Waals surface area (Å²) in [7, 11) is -2.58. The molecule has 1 fully saturated rings. The lowest BCUT2D eigenvalue weighted by molar-refractivity contribution is 0.0562. The molecule has 1 saturated heterocycles. The van der Waals surface area contributed by atoms with Gasteiger partial charge in [-0.15, -0.1) is 10.2 Å². The lowest BCUT2D eigenvalue weighted by Crippen LogP contribution is -2.56. The van der Waals surface area contributed by atoms with E-state index in [0.29, 0.717) is 24.2 Å². The molecule has 0 saturated carbocycles. The summed E-state index contributed by atoms with van der Waals surface area (Å²) in [5.74, 6) is -1.70. The second-order valence-electron chi connectivity index (χ2n) is 9.17. The van der Waals surface area contributed by atoms with E-state index in [9.17, 15) is 22.4 Å². The number of carbonyl (C=O) groups is 2. The number of anilines is 1. The van der Waals surface area contributed by atoms with Crippen LogP contribution in [0.4, 0.5) is 10.1 Å². The summed E-state index contributed by atoms with van der Waals surface area (Å²) in [6, 6.07) is 3.51.